The molecule has 0 aliphatic carbocycles. The zero-order valence-corrected chi connectivity index (χ0v) is 17.2. The Labute approximate surface area is 173 Å². The molecule has 154 valence electrons. The summed E-state index contributed by atoms with van der Waals surface area (Å²) in [4.78, 5) is 12.5. The third-order valence-corrected chi connectivity index (χ3v) is 4.88. The van der Waals surface area contributed by atoms with Crippen LogP contribution in [0.15, 0.2) is 52.0 Å². The summed E-state index contributed by atoms with van der Waals surface area (Å²) in [5.41, 5.74) is -1.35. The summed E-state index contributed by atoms with van der Waals surface area (Å²) < 4.78 is 46.9. The van der Waals surface area contributed by atoms with Gasteiger partial charge < -0.3 is 9.84 Å². The molecule has 1 heterocycles. The molecule has 9 heteroatoms. The summed E-state index contributed by atoms with van der Waals surface area (Å²) in [6.07, 6.45) is -5.97. The molecular weight excluding hydrogens is 453 g/mol. The highest BCUT2D eigenvalue weighted by molar-refractivity contribution is 9.10. The lowest BCUT2D eigenvalue weighted by Crippen LogP contribution is -2.57. The number of carbonyl (C=O) groups excluding carboxylic acids is 1. The first-order chi connectivity index (χ1) is 13.5. The van der Waals surface area contributed by atoms with Crippen LogP contribution in [0.2, 0.25) is 0 Å². The quantitative estimate of drug-likeness (QED) is 0.723. The Balaban J connectivity index is 1.87. The average molecular weight is 471 g/mol. The summed E-state index contributed by atoms with van der Waals surface area (Å²) in [7, 11) is 0. The molecule has 5 nitrogen and oxygen atoms in total. The number of ether oxygens (including phenoxy) is 1. The molecular formula is C20H18BrF3N2O3. The Hall–Kier alpha value is -2.39. The maximum absolute atomic E-state index is 13.6. The first-order valence-electron chi connectivity index (χ1n) is 8.66. The van der Waals surface area contributed by atoms with E-state index in [-0.39, 0.29) is 10.7 Å². The number of hydrogen-bond acceptors (Lipinski definition) is 4. The molecule has 1 aliphatic rings. The van der Waals surface area contributed by atoms with Crippen molar-refractivity contribution in [3.05, 3.63) is 63.6 Å². The van der Waals surface area contributed by atoms with Gasteiger partial charge in [-0.05, 0) is 54.8 Å². The first kappa shape index (κ1) is 21.3. The molecule has 0 fully saturated rings. The molecule has 29 heavy (non-hydrogen) atoms. The normalized spacial score (nSPS) is 19.3. The number of amides is 1. The minimum atomic E-state index is -5.10. The van der Waals surface area contributed by atoms with E-state index < -0.39 is 30.8 Å². The predicted molar refractivity (Wildman–Crippen MR) is 105 cm³/mol. The van der Waals surface area contributed by atoms with Crippen molar-refractivity contribution in [2.45, 2.75) is 32.2 Å². The van der Waals surface area contributed by atoms with Gasteiger partial charge in [0.05, 0.1) is 12.1 Å². The van der Waals surface area contributed by atoms with Gasteiger partial charge in [-0.25, -0.2) is 0 Å². The van der Waals surface area contributed by atoms with Crippen molar-refractivity contribution in [1.82, 2.24) is 5.01 Å². The van der Waals surface area contributed by atoms with Crippen LogP contribution in [0, 0.1) is 13.8 Å². The Kier molecular flexibility index (Phi) is 5.73. The standard InChI is InChI=1S/C20H18BrF3N2O3/c1-12-6-13(2)8-16(7-12)29-11-18(27)26-19(28,20(22,23)24)10-17(25-26)14-4-3-5-15(21)9-14/h3-9,28H,10-11H2,1-2H3/t19-/m1/s1. The third kappa shape index (κ3) is 4.45. The van der Waals surface area contributed by atoms with Gasteiger partial charge in [0.1, 0.15) is 5.75 Å². The molecule has 1 atom stereocenters. The molecule has 0 aromatic heterocycles. The molecule has 0 bridgehead atoms. The maximum Gasteiger partial charge on any atom is 0.438 e. The number of aliphatic hydroxyl groups is 1. The first-order valence-corrected chi connectivity index (χ1v) is 9.45. The predicted octanol–water partition coefficient (Wildman–Crippen LogP) is 4.33. The molecule has 2 aromatic carbocycles. The number of hydrazone groups is 1. The summed E-state index contributed by atoms with van der Waals surface area (Å²) in [5, 5.41) is 14.2. The van der Waals surface area contributed by atoms with Gasteiger partial charge in [-0.15, -0.1) is 0 Å². The average Bonchev–Trinajstić information content (AvgIpc) is 2.98. The Bertz CT molecular complexity index is 957. The number of carbonyl (C=O) groups is 1. The summed E-state index contributed by atoms with van der Waals surface area (Å²) >= 11 is 3.24. The minimum absolute atomic E-state index is 0.0501. The van der Waals surface area contributed by atoms with Crippen molar-refractivity contribution in [3.63, 3.8) is 0 Å². The van der Waals surface area contributed by atoms with E-state index in [1.54, 1.807) is 36.4 Å². The fourth-order valence-electron chi connectivity index (χ4n) is 3.08. The van der Waals surface area contributed by atoms with E-state index in [1.807, 2.05) is 19.9 Å². The van der Waals surface area contributed by atoms with Crippen molar-refractivity contribution in [3.8, 4) is 5.75 Å². The van der Waals surface area contributed by atoms with Crippen LogP contribution in [0.5, 0.6) is 5.75 Å². The van der Waals surface area contributed by atoms with E-state index in [1.165, 1.54) is 0 Å². The molecule has 1 amide bonds. The van der Waals surface area contributed by atoms with Crippen LogP contribution in [0.4, 0.5) is 13.2 Å². The van der Waals surface area contributed by atoms with Crippen molar-refractivity contribution >= 4 is 27.5 Å². The van der Waals surface area contributed by atoms with Crippen LogP contribution in [-0.4, -0.2) is 40.2 Å². The van der Waals surface area contributed by atoms with E-state index in [9.17, 15) is 23.1 Å². The lowest BCUT2D eigenvalue weighted by atomic mass is 10.0. The van der Waals surface area contributed by atoms with Crippen molar-refractivity contribution in [1.29, 1.82) is 0 Å². The second-order valence-corrected chi connectivity index (χ2v) is 7.78. The zero-order chi connectivity index (χ0) is 21.4. The fraction of sp³-hybridized carbons (Fsp3) is 0.300. The maximum atomic E-state index is 13.6. The highest BCUT2D eigenvalue weighted by Crippen LogP contribution is 2.41. The number of benzene rings is 2. The van der Waals surface area contributed by atoms with Gasteiger partial charge in [-0.1, -0.05) is 34.1 Å². The van der Waals surface area contributed by atoms with Crippen molar-refractivity contribution in [2.75, 3.05) is 6.61 Å². The Morgan fingerprint density at radius 1 is 1.24 bits per heavy atom. The molecule has 3 rings (SSSR count). The van der Waals surface area contributed by atoms with Gasteiger partial charge in [-0.3, -0.25) is 4.79 Å². The number of aryl methyl sites for hydroxylation is 2. The van der Waals surface area contributed by atoms with Gasteiger partial charge in [-0.2, -0.15) is 23.3 Å². The lowest BCUT2D eigenvalue weighted by molar-refractivity contribution is -0.302. The van der Waals surface area contributed by atoms with Crippen LogP contribution in [0.3, 0.4) is 0 Å². The van der Waals surface area contributed by atoms with Crippen molar-refractivity contribution < 1.29 is 27.8 Å². The van der Waals surface area contributed by atoms with E-state index in [2.05, 4.69) is 21.0 Å². The summed E-state index contributed by atoms with van der Waals surface area (Å²) in [6.45, 7) is 2.97. The smallest absolute Gasteiger partial charge is 0.438 e. The number of hydrogen-bond donors (Lipinski definition) is 1. The van der Waals surface area contributed by atoms with E-state index >= 15 is 0 Å². The SMILES string of the molecule is Cc1cc(C)cc(OCC(=O)N2N=C(c3cccc(Br)c3)C[C@@]2(O)C(F)(F)F)c1. The largest absolute Gasteiger partial charge is 0.484 e. The molecule has 0 radical (unpaired) electrons. The van der Waals surface area contributed by atoms with Gasteiger partial charge in [0.2, 0.25) is 0 Å². The second-order valence-electron chi connectivity index (χ2n) is 6.87. The molecule has 2 aromatic rings. The number of alkyl halides is 3. The Morgan fingerprint density at radius 3 is 2.48 bits per heavy atom. The highest BCUT2D eigenvalue weighted by atomic mass is 79.9. The monoisotopic (exact) mass is 470 g/mol. The van der Waals surface area contributed by atoms with Crippen LogP contribution >= 0.6 is 15.9 Å². The molecule has 0 spiro atoms. The van der Waals surface area contributed by atoms with Gasteiger partial charge in [0, 0.05) is 4.47 Å². The highest BCUT2D eigenvalue weighted by Gasteiger charge is 2.63. The number of halogens is 4. The molecule has 0 saturated heterocycles. The number of rotatable bonds is 4. The van der Waals surface area contributed by atoms with Crippen LogP contribution < -0.4 is 4.74 Å². The zero-order valence-electron chi connectivity index (χ0n) is 15.6. The fourth-order valence-corrected chi connectivity index (χ4v) is 3.48. The van der Waals surface area contributed by atoms with Crippen molar-refractivity contribution in [2.24, 2.45) is 5.10 Å². The van der Waals surface area contributed by atoms with E-state index in [4.69, 9.17) is 4.74 Å². The van der Waals surface area contributed by atoms with E-state index in [0.717, 1.165) is 11.1 Å². The molecule has 1 N–H and O–H groups in total. The van der Waals surface area contributed by atoms with Gasteiger partial charge in [0.25, 0.3) is 11.6 Å². The molecule has 0 saturated carbocycles. The number of nitrogens with zero attached hydrogens (tertiary/aromatic N) is 2. The summed E-state index contributed by atoms with van der Waals surface area (Å²) in [6, 6.07) is 11.7. The second kappa shape index (κ2) is 7.79. The topological polar surface area (TPSA) is 62.1 Å². The third-order valence-electron chi connectivity index (χ3n) is 4.39. The lowest BCUT2D eigenvalue weighted by Gasteiger charge is -2.32. The van der Waals surface area contributed by atoms with E-state index in [0.29, 0.717) is 15.8 Å². The van der Waals surface area contributed by atoms with Crippen LogP contribution in [-0.2, 0) is 4.79 Å². The minimum Gasteiger partial charge on any atom is -0.484 e. The molecule has 0 unspecified atom stereocenters. The van der Waals surface area contributed by atoms with Gasteiger partial charge in [0.15, 0.2) is 6.61 Å². The summed E-state index contributed by atoms with van der Waals surface area (Å²) in [5.74, 6) is -0.754. The Morgan fingerprint density at radius 2 is 1.90 bits per heavy atom. The van der Waals surface area contributed by atoms with Crippen LogP contribution in [0.25, 0.3) is 0 Å². The molecule has 1 aliphatic heterocycles. The van der Waals surface area contributed by atoms with Crippen LogP contribution in [0.1, 0.15) is 23.1 Å². The van der Waals surface area contributed by atoms with Gasteiger partial charge >= 0.3 is 6.18 Å².